The summed E-state index contributed by atoms with van der Waals surface area (Å²) in [5, 5.41) is 10.3. The SMILES string of the molecule is Cn1nc(C(F)(F)F)c(Br)c1C(=O)Nc1ncn(Cc2cccc(Cl)c2)n1. The monoisotopic (exact) mass is 462 g/mol. The molecule has 1 amide bonds. The second kappa shape index (κ2) is 7.31. The van der Waals surface area contributed by atoms with E-state index >= 15 is 0 Å². The maximum absolute atomic E-state index is 12.9. The highest BCUT2D eigenvalue weighted by Crippen LogP contribution is 2.35. The van der Waals surface area contributed by atoms with Crippen LogP contribution in [0.25, 0.3) is 0 Å². The van der Waals surface area contributed by atoms with Crippen molar-refractivity contribution in [3.8, 4) is 0 Å². The molecule has 0 radical (unpaired) electrons. The van der Waals surface area contributed by atoms with Crippen LogP contribution in [0, 0.1) is 0 Å². The molecule has 1 N–H and O–H groups in total. The van der Waals surface area contributed by atoms with E-state index < -0.39 is 22.3 Å². The molecule has 7 nitrogen and oxygen atoms in total. The molecule has 142 valence electrons. The molecule has 0 bridgehead atoms. The first-order valence-corrected chi connectivity index (χ1v) is 8.57. The van der Waals surface area contributed by atoms with Gasteiger partial charge in [-0.1, -0.05) is 23.7 Å². The van der Waals surface area contributed by atoms with Crippen LogP contribution in [-0.2, 0) is 19.8 Å². The van der Waals surface area contributed by atoms with Gasteiger partial charge in [-0.2, -0.15) is 18.3 Å². The van der Waals surface area contributed by atoms with Crippen LogP contribution < -0.4 is 5.32 Å². The van der Waals surface area contributed by atoms with Crippen LogP contribution >= 0.6 is 27.5 Å². The molecule has 1 aromatic carbocycles. The second-order valence-electron chi connectivity index (χ2n) is 5.48. The van der Waals surface area contributed by atoms with E-state index in [1.807, 2.05) is 6.07 Å². The lowest BCUT2D eigenvalue weighted by Gasteiger charge is -2.03. The first-order chi connectivity index (χ1) is 12.6. The molecule has 2 heterocycles. The summed E-state index contributed by atoms with van der Waals surface area (Å²) in [6, 6.07) is 7.12. The lowest BCUT2D eigenvalue weighted by Crippen LogP contribution is -2.17. The Balaban J connectivity index is 1.76. The van der Waals surface area contributed by atoms with Crippen molar-refractivity contribution < 1.29 is 18.0 Å². The molecule has 0 saturated carbocycles. The van der Waals surface area contributed by atoms with Gasteiger partial charge in [0.25, 0.3) is 5.91 Å². The zero-order valence-electron chi connectivity index (χ0n) is 13.6. The molecule has 0 unspecified atom stereocenters. The Labute approximate surface area is 164 Å². The number of aryl methyl sites for hydroxylation is 1. The Morgan fingerprint density at radius 1 is 1.33 bits per heavy atom. The van der Waals surface area contributed by atoms with Gasteiger partial charge in [-0.15, -0.1) is 5.10 Å². The van der Waals surface area contributed by atoms with Crippen LogP contribution in [-0.4, -0.2) is 30.5 Å². The first kappa shape index (κ1) is 19.4. The molecular weight excluding hydrogens is 453 g/mol. The summed E-state index contributed by atoms with van der Waals surface area (Å²) in [6.07, 6.45) is -3.30. The quantitative estimate of drug-likeness (QED) is 0.639. The summed E-state index contributed by atoms with van der Waals surface area (Å²) in [5.74, 6) is -0.878. The minimum atomic E-state index is -4.69. The fourth-order valence-electron chi connectivity index (χ4n) is 2.34. The van der Waals surface area contributed by atoms with Gasteiger partial charge in [0.05, 0.1) is 11.0 Å². The molecule has 27 heavy (non-hydrogen) atoms. The van der Waals surface area contributed by atoms with Crippen molar-refractivity contribution in [2.45, 2.75) is 12.7 Å². The van der Waals surface area contributed by atoms with Gasteiger partial charge in [0.1, 0.15) is 12.0 Å². The number of benzene rings is 1. The van der Waals surface area contributed by atoms with E-state index in [-0.39, 0.29) is 11.6 Å². The summed E-state index contributed by atoms with van der Waals surface area (Å²) in [5.41, 5.74) is -0.613. The lowest BCUT2D eigenvalue weighted by molar-refractivity contribution is -0.142. The van der Waals surface area contributed by atoms with E-state index in [4.69, 9.17) is 11.6 Å². The Kier molecular flexibility index (Phi) is 5.24. The Morgan fingerprint density at radius 3 is 2.70 bits per heavy atom. The van der Waals surface area contributed by atoms with Crippen LogP contribution in [0.5, 0.6) is 0 Å². The molecule has 3 aromatic rings. The van der Waals surface area contributed by atoms with Gasteiger partial charge in [-0.3, -0.25) is 14.8 Å². The van der Waals surface area contributed by atoms with E-state index in [0.717, 1.165) is 10.2 Å². The van der Waals surface area contributed by atoms with Gasteiger partial charge in [0, 0.05) is 12.1 Å². The van der Waals surface area contributed by atoms with Crippen molar-refractivity contribution in [1.82, 2.24) is 24.5 Å². The lowest BCUT2D eigenvalue weighted by atomic mass is 10.2. The first-order valence-electron chi connectivity index (χ1n) is 7.40. The van der Waals surface area contributed by atoms with Gasteiger partial charge in [0.15, 0.2) is 5.69 Å². The molecule has 0 aliphatic carbocycles. The summed E-state index contributed by atoms with van der Waals surface area (Å²) in [6.45, 7) is 0.358. The third kappa shape index (κ3) is 4.30. The topological polar surface area (TPSA) is 77.6 Å². The van der Waals surface area contributed by atoms with Crippen molar-refractivity contribution in [2.24, 2.45) is 7.05 Å². The molecule has 0 spiro atoms. The van der Waals surface area contributed by atoms with E-state index in [1.165, 1.54) is 18.1 Å². The fourth-order valence-corrected chi connectivity index (χ4v) is 3.29. The number of halogens is 5. The highest BCUT2D eigenvalue weighted by atomic mass is 79.9. The number of hydrogen-bond acceptors (Lipinski definition) is 4. The van der Waals surface area contributed by atoms with Crippen molar-refractivity contribution in [3.63, 3.8) is 0 Å². The number of alkyl halides is 3. The minimum absolute atomic E-state index is 0.0521. The van der Waals surface area contributed by atoms with Crippen LogP contribution in [0.1, 0.15) is 21.7 Å². The predicted molar refractivity (Wildman–Crippen MR) is 94.4 cm³/mol. The van der Waals surface area contributed by atoms with Gasteiger partial charge in [0.2, 0.25) is 5.95 Å². The van der Waals surface area contributed by atoms with E-state index in [0.29, 0.717) is 11.6 Å². The van der Waals surface area contributed by atoms with Crippen molar-refractivity contribution >= 4 is 39.4 Å². The zero-order valence-corrected chi connectivity index (χ0v) is 16.0. The summed E-state index contributed by atoms with van der Waals surface area (Å²) < 4.78 is 40.5. The number of hydrogen-bond donors (Lipinski definition) is 1. The number of rotatable bonds is 4. The Bertz CT molecular complexity index is 1000. The number of anilines is 1. The maximum Gasteiger partial charge on any atom is 0.436 e. The van der Waals surface area contributed by atoms with Crippen LogP contribution in [0.2, 0.25) is 5.02 Å². The molecule has 2 aromatic heterocycles. The van der Waals surface area contributed by atoms with Gasteiger partial charge >= 0.3 is 6.18 Å². The van der Waals surface area contributed by atoms with Gasteiger partial charge in [-0.05, 0) is 33.6 Å². The fraction of sp³-hybridized carbons (Fsp3) is 0.200. The minimum Gasteiger partial charge on any atom is -0.288 e. The number of carbonyl (C=O) groups excluding carboxylic acids is 1. The predicted octanol–water partition coefficient (Wildman–Crippen LogP) is 3.75. The van der Waals surface area contributed by atoms with Crippen molar-refractivity contribution in [3.05, 3.63) is 57.0 Å². The summed E-state index contributed by atoms with van der Waals surface area (Å²) >= 11 is 8.71. The highest BCUT2D eigenvalue weighted by Gasteiger charge is 2.39. The number of aromatic nitrogens is 5. The second-order valence-corrected chi connectivity index (χ2v) is 6.71. The van der Waals surface area contributed by atoms with Gasteiger partial charge < -0.3 is 0 Å². The van der Waals surface area contributed by atoms with E-state index in [9.17, 15) is 18.0 Å². The number of nitrogens with one attached hydrogen (secondary N) is 1. The number of carbonyl (C=O) groups is 1. The average molecular weight is 464 g/mol. The average Bonchev–Trinajstić information content (AvgIpc) is 3.10. The molecule has 0 aliphatic rings. The maximum atomic E-state index is 12.9. The molecule has 3 rings (SSSR count). The Morgan fingerprint density at radius 2 is 2.07 bits per heavy atom. The third-order valence-electron chi connectivity index (χ3n) is 3.47. The zero-order chi connectivity index (χ0) is 19.8. The number of amides is 1. The van der Waals surface area contributed by atoms with E-state index in [2.05, 4.69) is 36.4 Å². The molecular formula is C15H11BrClF3N6O. The van der Waals surface area contributed by atoms with Crippen LogP contribution in [0.4, 0.5) is 19.1 Å². The molecule has 0 saturated heterocycles. The highest BCUT2D eigenvalue weighted by molar-refractivity contribution is 9.10. The largest absolute Gasteiger partial charge is 0.436 e. The van der Waals surface area contributed by atoms with Crippen molar-refractivity contribution in [2.75, 3.05) is 5.32 Å². The van der Waals surface area contributed by atoms with Crippen molar-refractivity contribution in [1.29, 1.82) is 0 Å². The van der Waals surface area contributed by atoms with Crippen LogP contribution in [0.3, 0.4) is 0 Å². The third-order valence-corrected chi connectivity index (χ3v) is 4.45. The summed E-state index contributed by atoms with van der Waals surface area (Å²) in [7, 11) is 1.24. The molecule has 0 atom stereocenters. The normalized spacial score (nSPS) is 11.6. The standard InChI is InChI=1S/C15H11BrClF3N6O/c1-25-11(10(16)12(23-25)15(18,19)20)13(27)22-14-21-7-26(24-14)6-8-3-2-4-9(17)5-8/h2-5,7H,6H2,1H3,(H,22,24,27). The number of nitrogens with zero attached hydrogens (tertiary/aromatic N) is 5. The smallest absolute Gasteiger partial charge is 0.288 e. The van der Waals surface area contributed by atoms with E-state index in [1.54, 1.807) is 18.2 Å². The summed E-state index contributed by atoms with van der Waals surface area (Å²) in [4.78, 5) is 16.3. The van der Waals surface area contributed by atoms with Gasteiger partial charge in [-0.25, -0.2) is 9.67 Å². The molecule has 12 heteroatoms. The van der Waals surface area contributed by atoms with Crippen LogP contribution in [0.15, 0.2) is 35.1 Å². The Hall–Kier alpha value is -2.40. The molecule has 0 aliphatic heterocycles. The molecule has 0 fully saturated rings.